The fourth-order valence-electron chi connectivity index (χ4n) is 2.66. The van der Waals surface area contributed by atoms with E-state index in [4.69, 9.17) is 4.74 Å². The summed E-state index contributed by atoms with van der Waals surface area (Å²) in [4.78, 5) is 0. The van der Waals surface area contributed by atoms with Crippen LogP contribution >= 0.6 is 0 Å². The Balaban J connectivity index is 2.11. The van der Waals surface area contributed by atoms with Crippen molar-refractivity contribution in [2.75, 3.05) is 13.7 Å². The summed E-state index contributed by atoms with van der Waals surface area (Å²) in [6.07, 6.45) is 2.00. The van der Waals surface area contributed by atoms with Crippen LogP contribution in [-0.4, -0.2) is 19.7 Å². The SMILES string of the molecule is CCNC(Cc1cccc(OC)c1F)C1CC1C. The van der Waals surface area contributed by atoms with E-state index >= 15 is 0 Å². The molecular weight excluding hydrogens is 229 g/mol. The molecule has 100 valence electrons. The summed E-state index contributed by atoms with van der Waals surface area (Å²) in [7, 11) is 1.51. The Kier molecular flexibility index (Phi) is 4.23. The van der Waals surface area contributed by atoms with Crippen molar-refractivity contribution in [3.63, 3.8) is 0 Å². The first-order chi connectivity index (χ1) is 8.67. The van der Waals surface area contributed by atoms with Crippen LogP contribution in [0, 0.1) is 17.7 Å². The summed E-state index contributed by atoms with van der Waals surface area (Å²) in [5.74, 6) is 1.58. The van der Waals surface area contributed by atoms with Crippen LogP contribution in [0.5, 0.6) is 5.75 Å². The van der Waals surface area contributed by atoms with Crippen LogP contribution in [0.3, 0.4) is 0 Å². The lowest BCUT2D eigenvalue weighted by molar-refractivity contribution is 0.380. The highest BCUT2D eigenvalue weighted by atomic mass is 19.1. The molecule has 1 aliphatic rings. The summed E-state index contributed by atoms with van der Waals surface area (Å²) in [5, 5.41) is 3.48. The molecular formula is C15H22FNO. The van der Waals surface area contributed by atoms with Gasteiger partial charge in [-0.2, -0.15) is 0 Å². The molecule has 3 atom stereocenters. The smallest absolute Gasteiger partial charge is 0.168 e. The number of halogens is 1. The van der Waals surface area contributed by atoms with E-state index in [2.05, 4.69) is 19.2 Å². The van der Waals surface area contributed by atoms with Crippen molar-refractivity contribution in [3.05, 3.63) is 29.6 Å². The standard InChI is InChI=1S/C15H22FNO/c1-4-17-13(12-8-10(12)2)9-11-6-5-7-14(18-3)15(11)16/h5-7,10,12-13,17H,4,8-9H2,1-3H3. The highest BCUT2D eigenvalue weighted by molar-refractivity contribution is 5.31. The highest BCUT2D eigenvalue weighted by Crippen LogP contribution is 2.41. The molecule has 1 aromatic rings. The molecule has 2 rings (SSSR count). The zero-order chi connectivity index (χ0) is 13.1. The number of rotatable bonds is 6. The van der Waals surface area contributed by atoms with Crippen LogP contribution in [0.2, 0.25) is 0 Å². The van der Waals surface area contributed by atoms with Crippen LogP contribution in [0.4, 0.5) is 4.39 Å². The van der Waals surface area contributed by atoms with Crippen molar-refractivity contribution in [2.45, 2.75) is 32.7 Å². The second-order valence-electron chi connectivity index (χ2n) is 5.18. The Morgan fingerprint density at radius 3 is 2.78 bits per heavy atom. The predicted octanol–water partition coefficient (Wildman–Crippen LogP) is 3.01. The van der Waals surface area contributed by atoms with Crippen molar-refractivity contribution in [1.29, 1.82) is 0 Å². The largest absolute Gasteiger partial charge is 0.494 e. The number of benzene rings is 1. The van der Waals surface area contributed by atoms with E-state index in [1.165, 1.54) is 13.5 Å². The van der Waals surface area contributed by atoms with E-state index in [0.717, 1.165) is 24.4 Å². The van der Waals surface area contributed by atoms with E-state index in [9.17, 15) is 4.39 Å². The van der Waals surface area contributed by atoms with Gasteiger partial charge in [-0.25, -0.2) is 4.39 Å². The molecule has 3 unspecified atom stereocenters. The van der Waals surface area contributed by atoms with Crippen LogP contribution in [-0.2, 0) is 6.42 Å². The Bertz CT molecular complexity index is 407. The van der Waals surface area contributed by atoms with E-state index in [0.29, 0.717) is 17.7 Å². The molecule has 0 aromatic heterocycles. The van der Waals surface area contributed by atoms with Gasteiger partial charge >= 0.3 is 0 Å². The van der Waals surface area contributed by atoms with Gasteiger partial charge in [-0.05, 0) is 42.9 Å². The van der Waals surface area contributed by atoms with Gasteiger partial charge in [0.05, 0.1) is 7.11 Å². The zero-order valence-corrected chi connectivity index (χ0v) is 11.4. The van der Waals surface area contributed by atoms with Crippen molar-refractivity contribution in [3.8, 4) is 5.75 Å². The van der Waals surface area contributed by atoms with Gasteiger partial charge in [-0.1, -0.05) is 26.0 Å². The van der Waals surface area contributed by atoms with Crippen molar-refractivity contribution in [2.24, 2.45) is 11.8 Å². The van der Waals surface area contributed by atoms with E-state index < -0.39 is 0 Å². The lowest BCUT2D eigenvalue weighted by Gasteiger charge is -2.18. The highest BCUT2D eigenvalue weighted by Gasteiger charge is 2.39. The van der Waals surface area contributed by atoms with Gasteiger partial charge in [-0.3, -0.25) is 0 Å². The number of ether oxygens (including phenoxy) is 1. The van der Waals surface area contributed by atoms with Gasteiger partial charge in [0.25, 0.3) is 0 Å². The van der Waals surface area contributed by atoms with Gasteiger partial charge < -0.3 is 10.1 Å². The molecule has 1 N–H and O–H groups in total. The minimum Gasteiger partial charge on any atom is -0.494 e. The van der Waals surface area contributed by atoms with Gasteiger partial charge in [0, 0.05) is 6.04 Å². The molecule has 0 radical (unpaired) electrons. The molecule has 2 nitrogen and oxygen atoms in total. The molecule has 0 aliphatic heterocycles. The van der Waals surface area contributed by atoms with Crippen LogP contribution < -0.4 is 10.1 Å². The minimum atomic E-state index is -0.212. The van der Waals surface area contributed by atoms with Crippen molar-refractivity contribution in [1.82, 2.24) is 5.32 Å². The molecule has 3 heteroatoms. The first kappa shape index (κ1) is 13.3. The Hall–Kier alpha value is -1.09. The number of likely N-dealkylation sites (N-methyl/N-ethyl adjacent to an activating group) is 1. The molecule has 1 saturated carbocycles. The number of methoxy groups -OCH3 is 1. The molecule has 0 saturated heterocycles. The summed E-state index contributed by atoms with van der Waals surface area (Å²) in [6.45, 7) is 5.29. The van der Waals surface area contributed by atoms with Crippen LogP contribution in [0.25, 0.3) is 0 Å². The third-order valence-corrected chi connectivity index (χ3v) is 3.86. The van der Waals surface area contributed by atoms with Gasteiger partial charge in [0.1, 0.15) is 0 Å². The fraction of sp³-hybridized carbons (Fsp3) is 0.600. The van der Waals surface area contributed by atoms with Crippen molar-refractivity contribution < 1.29 is 9.13 Å². The summed E-state index contributed by atoms with van der Waals surface area (Å²) in [5.41, 5.74) is 0.749. The summed E-state index contributed by atoms with van der Waals surface area (Å²) >= 11 is 0. The Morgan fingerprint density at radius 2 is 2.22 bits per heavy atom. The molecule has 1 aliphatic carbocycles. The van der Waals surface area contributed by atoms with Gasteiger partial charge in [-0.15, -0.1) is 0 Å². The van der Waals surface area contributed by atoms with Crippen LogP contribution in [0.15, 0.2) is 18.2 Å². The molecule has 0 bridgehead atoms. The third-order valence-electron chi connectivity index (χ3n) is 3.86. The second-order valence-corrected chi connectivity index (χ2v) is 5.18. The average molecular weight is 251 g/mol. The normalized spacial score (nSPS) is 23.8. The number of nitrogens with one attached hydrogen (secondary N) is 1. The first-order valence-corrected chi connectivity index (χ1v) is 6.72. The predicted molar refractivity (Wildman–Crippen MR) is 71.4 cm³/mol. The third kappa shape index (κ3) is 2.83. The number of hydrogen-bond acceptors (Lipinski definition) is 2. The van der Waals surface area contributed by atoms with Crippen LogP contribution in [0.1, 0.15) is 25.8 Å². The van der Waals surface area contributed by atoms with E-state index in [1.807, 2.05) is 12.1 Å². The van der Waals surface area contributed by atoms with E-state index in [-0.39, 0.29) is 5.82 Å². The summed E-state index contributed by atoms with van der Waals surface area (Å²) in [6, 6.07) is 5.76. The zero-order valence-electron chi connectivity index (χ0n) is 11.4. The molecule has 0 heterocycles. The second kappa shape index (κ2) is 5.70. The fourth-order valence-corrected chi connectivity index (χ4v) is 2.66. The van der Waals surface area contributed by atoms with Gasteiger partial charge in [0.15, 0.2) is 11.6 Å². The monoisotopic (exact) mass is 251 g/mol. The molecule has 1 fully saturated rings. The number of hydrogen-bond donors (Lipinski definition) is 1. The lowest BCUT2D eigenvalue weighted by Crippen LogP contribution is -2.33. The molecule has 0 spiro atoms. The maximum Gasteiger partial charge on any atom is 0.168 e. The summed E-state index contributed by atoms with van der Waals surface area (Å²) < 4.78 is 19.1. The van der Waals surface area contributed by atoms with Crippen molar-refractivity contribution >= 4 is 0 Å². The average Bonchev–Trinajstić information content (AvgIpc) is 3.08. The maximum atomic E-state index is 14.1. The van der Waals surface area contributed by atoms with Gasteiger partial charge in [0.2, 0.25) is 0 Å². The topological polar surface area (TPSA) is 21.3 Å². The first-order valence-electron chi connectivity index (χ1n) is 6.72. The Morgan fingerprint density at radius 1 is 1.50 bits per heavy atom. The lowest BCUT2D eigenvalue weighted by atomic mass is 10.00. The Labute approximate surface area is 109 Å². The minimum absolute atomic E-state index is 0.212. The molecule has 0 amide bonds. The quantitative estimate of drug-likeness (QED) is 0.839. The molecule has 1 aromatic carbocycles. The van der Waals surface area contributed by atoms with E-state index in [1.54, 1.807) is 6.07 Å². The molecule has 18 heavy (non-hydrogen) atoms. The maximum absolute atomic E-state index is 14.1.